The normalized spacial score (nSPS) is 15.6. The average molecular weight is 464 g/mol. The van der Waals surface area contributed by atoms with Gasteiger partial charge in [-0.25, -0.2) is 0 Å². The highest BCUT2D eigenvalue weighted by Gasteiger charge is 2.35. The molecule has 0 bridgehead atoms. The van der Waals surface area contributed by atoms with Gasteiger partial charge in [0.25, 0.3) is 0 Å². The van der Waals surface area contributed by atoms with Gasteiger partial charge < -0.3 is 5.32 Å². The molecule has 0 saturated heterocycles. The van der Waals surface area contributed by atoms with Gasteiger partial charge in [0.15, 0.2) is 0 Å². The summed E-state index contributed by atoms with van der Waals surface area (Å²) in [5.74, 6) is 0. The van der Waals surface area contributed by atoms with Crippen LogP contribution in [0.25, 0.3) is 38.2 Å². The maximum atomic E-state index is 3.92. The number of anilines is 2. The SMILES string of the molecule is CC1(C)c2ccccc2-c2cc3c(Nc4ccccc4C4=CCCC=C4)c4ccccc4cc3cc21. The zero-order valence-electron chi connectivity index (χ0n) is 20.8. The molecular weight excluding hydrogens is 434 g/mol. The van der Waals surface area contributed by atoms with Crippen molar-refractivity contribution in [3.8, 4) is 11.1 Å². The lowest BCUT2D eigenvalue weighted by molar-refractivity contribution is 0.661. The standard InChI is InChI=1S/C35H29N/c1-35(2)31-18-10-8-17-28(31)30-22-29-25(21-32(30)35)20-24-14-6-7-16-27(24)34(29)36-33-19-11-9-15-26(33)23-12-4-3-5-13-23/h4,6-22,36H,3,5H2,1-2H3. The third kappa shape index (κ3) is 3.16. The third-order valence-electron chi connectivity index (χ3n) is 8.06. The van der Waals surface area contributed by atoms with Crippen molar-refractivity contribution in [1.29, 1.82) is 0 Å². The van der Waals surface area contributed by atoms with E-state index in [0.29, 0.717) is 0 Å². The van der Waals surface area contributed by atoms with E-state index >= 15 is 0 Å². The fourth-order valence-electron chi connectivity index (χ4n) is 6.19. The molecule has 0 heterocycles. The van der Waals surface area contributed by atoms with E-state index in [1.54, 1.807) is 0 Å². The number of hydrogen-bond acceptors (Lipinski definition) is 1. The highest BCUT2D eigenvalue weighted by atomic mass is 14.9. The summed E-state index contributed by atoms with van der Waals surface area (Å²) in [5.41, 5.74) is 10.4. The number of rotatable bonds is 3. The first-order valence-corrected chi connectivity index (χ1v) is 12.9. The maximum absolute atomic E-state index is 3.92. The second-order valence-electron chi connectivity index (χ2n) is 10.6. The van der Waals surface area contributed by atoms with Gasteiger partial charge in [0.2, 0.25) is 0 Å². The lowest BCUT2D eigenvalue weighted by Crippen LogP contribution is -2.14. The largest absolute Gasteiger partial charge is 0.354 e. The number of fused-ring (bicyclic) bond motifs is 5. The van der Waals surface area contributed by atoms with Crippen LogP contribution in [0.2, 0.25) is 0 Å². The van der Waals surface area contributed by atoms with E-state index in [4.69, 9.17) is 0 Å². The monoisotopic (exact) mass is 463 g/mol. The van der Waals surface area contributed by atoms with Crippen LogP contribution >= 0.6 is 0 Å². The summed E-state index contributed by atoms with van der Waals surface area (Å²) in [6, 6.07) is 33.6. The van der Waals surface area contributed by atoms with Gasteiger partial charge in [-0.2, -0.15) is 0 Å². The Balaban J connectivity index is 1.49. The molecule has 0 atom stereocenters. The van der Waals surface area contributed by atoms with E-state index in [1.165, 1.54) is 60.6 Å². The molecule has 5 aromatic carbocycles. The van der Waals surface area contributed by atoms with Gasteiger partial charge in [0.1, 0.15) is 0 Å². The number of benzene rings is 5. The predicted octanol–water partition coefficient (Wildman–Crippen LogP) is 9.78. The van der Waals surface area contributed by atoms with Crippen molar-refractivity contribution in [3.63, 3.8) is 0 Å². The zero-order valence-corrected chi connectivity index (χ0v) is 20.8. The van der Waals surface area contributed by atoms with Gasteiger partial charge >= 0.3 is 0 Å². The average Bonchev–Trinajstić information content (AvgIpc) is 3.14. The van der Waals surface area contributed by atoms with Gasteiger partial charge in [-0.15, -0.1) is 0 Å². The highest BCUT2D eigenvalue weighted by molar-refractivity contribution is 6.14. The minimum atomic E-state index is -0.00819. The molecule has 2 aliphatic rings. The molecule has 1 N–H and O–H groups in total. The quantitative estimate of drug-likeness (QED) is 0.263. The molecule has 0 unspecified atom stereocenters. The summed E-state index contributed by atoms with van der Waals surface area (Å²) in [6.45, 7) is 4.71. The van der Waals surface area contributed by atoms with Gasteiger partial charge in [0.05, 0.1) is 5.69 Å². The molecule has 0 aliphatic heterocycles. The Morgan fingerprint density at radius 3 is 2.28 bits per heavy atom. The van der Waals surface area contributed by atoms with Crippen LogP contribution in [-0.4, -0.2) is 0 Å². The molecule has 1 heteroatoms. The van der Waals surface area contributed by atoms with Crippen LogP contribution in [0, 0.1) is 0 Å². The summed E-state index contributed by atoms with van der Waals surface area (Å²) < 4.78 is 0. The third-order valence-corrected chi connectivity index (χ3v) is 8.06. The van der Waals surface area contributed by atoms with Crippen molar-refractivity contribution in [1.82, 2.24) is 0 Å². The topological polar surface area (TPSA) is 12.0 Å². The van der Waals surface area contributed by atoms with Crippen LogP contribution in [0.3, 0.4) is 0 Å². The van der Waals surface area contributed by atoms with Gasteiger partial charge in [0, 0.05) is 27.4 Å². The summed E-state index contributed by atoms with van der Waals surface area (Å²) in [7, 11) is 0. The molecule has 0 radical (unpaired) electrons. The van der Waals surface area contributed by atoms with E-state index in [1.807, 2.05) is 0 Å². The minimum absolute atomic E-state index is 0.00819. The van der Waals surface area contributed by atoms with Crippen molar-refractivity contribution in [2.45, 2.75) is 32.1 Å². The summed E-state index contributed by atoms with van der Waals surface area (Å²) in [5, 5.41) is 8.97. The Labute approximate surface area is 212 Å². The Morgan fingerprint density at radius 1 is 0.639 bits per heavy atom. The Hall–Kier alpha value is -4.10. The first kappa shape index (κ1) is 21.2. The summed E-state index contributed by atoms with van der Waals surface area (Å²) in [6.07, 6.45) is 9.11. The van der Waals surface area contributed by atoms with E-state index in [-0.39, 0.29) is 5.41 Å². The van der Waals surface area contributed by atoms with Crippen molar-refractivity contribution >= 4 is 38.5 Å². The van der Waals surface area contributed by atoms with Crippen LogP contribution in [-0.2, 0) is 5.41 Å². The molecule has 0 fully saturated rings. The fraction of sp³-hybridized carbons (Fsp3) is 0.143. The maximum Gasteiger partial charge on any atom is 0.0543 e. The van der Waals surface area contributed by atoms with Crippen molar-refractivity contribution in [3.05, 3.63) is 126 Å². The van der Waals surface area contributed by atoms with Crippen LogP contribution in [0.5, 0.6) is 0 Å². The van der Waals surface area contributed by atoms with Crippen LogP contribution in [0.15, 0.2) is 109 Å². The van der Waals surface area contributed by atoms with Gasteiger partial charge in [-0.1, -0.05) is 98.8 Å². The first-order valence-electron chi connectivity index (χ1n) is 12.9. The molecule has 0 spiro atoms. The number of hydrogen-bond donors (Lipinski definition) is 1. The van der Waals surface area contributed by atoms with Crippen molar-refractivity contribution in [2.24, 2.45) is 0 Å². The minimum Gasteiger partial charge on any atom is -0.354 e. The number of allylic oxidation sites excluding steroid dienone is 4. The van der Waals surface area contributed by atoms with Crippen LogP contribution in [0.4, 0.5) is 11.4 Å². The van der Waals surface area contributed by atoms with Gasteiger partial charge in [-0.3, -0.25) is 0 Å². The number of nitrogens with one attached hydrogen (secondary N) is 1. The molecule has 0 amide bonds. The molecule has 0 saturated carbocycles. The van der Waals surface area contributed by atoms with Crippen LogP contribution < -0.4 is 5.32 Å². The van der Waals surface area contributed by atoms with E-state index in [0.717, 1.165) is 18.5 Å². The summed E-state index contributed by atoms with van der Waals surface area (Å²) >= 11 is 0. The molecule has 5 aromatic rings. The summed E-state index contributed by atoms with van der Waals surface area (Å²) in [4.78, 5) is 0. The number of para-hydroxylation sites is 1. The van der Waals surface area contributed by atoms with Crippen molar-refractivity contribution in [2.75, 3.05) is 5.32 Å². The molecule has 7 rings (SSSR count). The van der Waals surface area contributed by atoms with E-state index < -0.39 is 0 Å². The lowest BCUT2D eigenvalue weighted by atomic mass is 9.81. The van der Waals surface area contributed by atoms with Crippen molar-refractivity contribution < 1.29 is 0 Å². The second kappa shape index (κ2) is 7.96. The Kier molecular flexibility index (Phi) is 4.69. The Bertz CT molecular complexity index is 1730. The first-order chi connectivity index (χ1) is 17.6. The van der Waals surface area contributed by atoms with Gasteiger partial charge in [-0.05, 0) is 75.7 Å². The lowest BCUT2D eigenvalue weighted by Gasteiger charge is -2.22. The molecule has 36 heavy (non-hydrogen) atoms. The fourth-order valence-corrected chi connectivity index (χ4v) is 6.19. The van der Waals surface area contributed by atoms with E-state index in [2.05, 4.69) is 128 Å². The molecule has 1 nitrogen and oxygen atoms in total. The smallest absolute Gasteiger partial charge is 0.0543 e. The molecule has 0 aromatic heterocycles. The molecule has 2 aliphatic carbocycles. The zero-order chi connectivity index (χ0) is 24.3. The predicted molar refractivity (Wildman–Crippen MR) is 155 cm³/mol. The molecular formula is C35H29N. The van der Waals surface area contributed by atoms with Crippen LogP contribution in [0.1, 0.15) is 43.4 Å². The second-order valence-corrected chi connectivity index (χ2v) is 10.6. The highest BCUT2D eigenvalue weighted by Crippen LogP contribution is 2.51. The van der Waals surface area contributed by atoms with E-state index in [9.17, 15) is 0 Å². The Morgan fingerprint density at radius 2 is 1.42 bits per heavy atom. The molecule has 174 valence electrons.